The lowest BCUT2D eigenvalue weighted by molar-refractivity contribution is -0.137. The highest BCUT2D eigenvalue weighted by molar-refractivity contribution is 5.93. The number of halogens is 2. The van der Waals surface area contributed by atoms with E-state index in [9.17, 15) is 18.4 Å². The van der Waals surface area contributed by atoms with Crippen LogP contribution >= 0.6 is 0 Å². The number of aryl methyl sites for hydroxylation is 2. The van der Waals surface area contributed by atoms with Crippen LogP contribution in [0.15, 0.2) is 77.5 Å². The normalized spacial score (nSPS) is 18.3. The molecule has 2 aromatic carbocycles. The Morgan fingerprint density at radius 1 is 1.14 bits per heavy atom. The van der Waals surface area contributed by atoms with Crippen molar-refractivity contribution in [1.29, 1.82) is 0 Å². The number of ether oxygens (including phenoxy) is 1. The lowest BCUT2D eigenvalue weighted by atomic mass is 10.0. The standard InChI is InChI=1S/C29H32F2N2O4/c1-19-9-10-23(28(30)31)7-5-15-33(3)27(19)29(36)32-18-21-6-4-8-24(17-21)37-25-13-11-22(20(2)16-25)12-14-26(34)35/h4-8,10-11,13,16-17,28H,9,12,14-15,18H2,1-3H3,(H,32,36)(H,34,35)/b7-5-,23-10+,27-19-. The Bertz CT molecular complexity index is 1230. The third-order valence-electron chi connectivity index (χ3n) is 6.10. The number of nitrogens with one attached hydrogen (secondary N) is 1. The molecule has 0 aromatic heterocycles. The largest absolute Gasteiger partial charge is 0.481 e. The van der Waals surface area contributed by atoms with E-state index < -0.39 is 12.4 Å². The Morgan fingerprint density at radius 3 is 2.59 bits per heavy atom. The fourth-order valence-electron chi connectivity index (χ4n) is 4.10. The maximum Gasteiger partial charge on any atom is 0.303 e. The van der Waals surface area contributed by atoms with Gasteiger partial charge in [0.2, 0.25) is 0 Å². The average molecular weight is 511 g/mol. The molecule has 8 heteroatoms. The second-order valence-electron chi connectivity index (χ2n) is 9.03. The minimum atomic E-state index is -2.56. The Labute approximate surface area is 215 Å². The molecule has 0 aliphatic carbocycles. The van der Waals surface area contributed by atoms with E-state index in [1.165, 1.54) is 12.2 Å². The van der Waals surface area contributed by atoms with Crippen molar-refractivity contribution in [1.82, 2.24) is 10.2 Å². The lowest BCUT2D eigenvalue weighted by Crippen LogP contribution is -2.34. The number of carboxylic acids is 1. The van der Waals surface area contributed by atoms with E-state index in [2.05, 4.69) is 5.32 Å². The number of hydrogen-bond donors (Lipinski definition) is 2. The van der Waals surface area contributed by atoms with Crippen molar-refractivity contribution in [3.05, 3.63) is 94.2 Å². The molecule has 1 amide bonds. The van der Waals surface area contributed by atoms with Crippen LogP contribution in [0.4, 0.5) is 8.78 Å². The molecular formula is C29H32F2N2O4. The van der Waals surface area contributed by atoms with Gasteiger partial charge in [-0.25, -0.2) is 8.78 Å². The highest BCUT2D eigenvalue weighted by atomic mass is 19.3. The number of carboxylic acid groups (broad SMARTS) is 1. The van der Waals surface area contributed by atoms with Gasteiger partial charge in [-0.1, -0.05) is 36.4 Å². The summed E-state index contributed by atoms with van der Waals surface area (Å²) >= 11 is 0. The summed E-state index contributed by atoms with van der Waals surface area (Å²) in [5.74, 6) is 0.131. The van der Waals surface area contributed by atoms with Crippen LogP contribution in [0.25, 0.3) is 0 Å². The minimum absolute atomic E-state index is 0.0451. The molecule has 0 unspecified atom stereocenters. The number of amides is 1. The lowest BCUT2D eigenvalue weighted by Gasteiger charge is -2.22. The van der Waals surface area contributed by atoms with Crippen LogP contribution < -0.4 is 10.1 Å². The van der Waals surface area contributed by atoms with E-state index in [0.29, 0.717) is 35.7 Å². The summed E-state index contributed by atoms with van der Waals surface area (Å²) in [5, 5.41) is 11.8. The highest BCUT2D eigenvalue weighted by Gasteiger charge is 2.18. The first-order chi connectivity index (χ1) is 17.6. The Kier molecular flexibility index (Phi) is 9.60. The molecule has 6 nitrogen and oxygen atoms in total. The molecule has 196 valence electrons. The first-order valence-electron chi connectivity index (χ1n) is 12.1. The van der Waals surface area contributed by atoms with Gasteiger partial charge in [-0.15, -0.1) is 0 Å². The van der Waals surface area contributed by atoms with Crippen LogP contribution in [0.1, 0.15) is 36.5 Å². The van der Waals surface area contributed by atoms with E-state index in [1.54, 1.807) is 24.9 Å². The van der Waals surface area contributed by atoms with Gasteiger partial charge in [0, 0.05) is 32.1 Å². The van der Waals surface area contributed by atoms with Crippen molar-refractivity contribution in [2.75, 3.05) is 13.6 Å². The van der Waals surface area contributed by atoms with Crippen molar-refractivity contribution in [3.8, 4) is 11.5 Å². The fourth-order valence-corrected chi connectivity index (χ4v) is 4.10. The molecular weight excluding hydrogens is 478 g/mol. The van der Waals surface area contributed by atoms with Crippen LogP contribution in [0.2, 0.25) is 0 Å². The quantitative estimate of drug-likeness (QED) is 0.447. The van der Waals surface area contributed by atoms with Gasteiger partial charge in [-0.3, -0.25) is 9.59 Å². The second-order valence-corrected chi connectivity index (χ2v) is 9.03. The monoisotopic (exact) mass is 510 g/mol. The molecule has 1 aliphatic rings. The van der Waals surface area contributed by atoms with Gasteiger partial charge in [0.25, 0.3) is 12.3 Å². The molecule has 2 N–H and O–H groups in total. The van der Waals surface area contributed by atoms with Gasteiger partial charge in [0.1, 0.15) is 17.2 Å². The first-order valence-corrected chi connectivity index (χ1v) is 12.1. The number of aliphatic carboxylic acids is 1. The summed E-state index contributed by atoms with van der Waals surface area (Å²) in [7, 11) is 1.76. The number of benzene rings is 2. The molecule has 1 heterocycles. The zero-order valence-corrected chi connectivity index (χ0v) is 21.3. The van der Waals surface area contributed by atoms with E-state index >= 15 is 0 Å². The maximum atomic E-state index is 13.2. The minimum Gasteiger partial charge on any atom is -0.481 e. The molecule has 0 fully saturated rings. The Balaban J connectivity index is 1.66. The molecule has 1 aliphatic heterocycles. The zero-order valence-electron chi connectivity index (χ0n) is 21.3. The summed E-state index contributed by atoms with van der Waals surface area (Å²) in [5.41, 5.74) is 3.88. The van der Waals surface area contributed by atoms with Crippen molar-refractivity contribution >= 4 is 11.9 Å². The SMILES string of the molecule is C/C1=C(\C(=O)NCc2cccc(Oc3ccc(CCC(=O)O)c(C)c3)c2)N(C)C/C=C\C(C(F)F)=C/C1. The van der Waals surface area contributed by atoms with Crippen LogP contribution in [0, 0.1) is 6.92 Å². The Hall–Kier alpha value is -3.94. The van der Waals surface area contributed by atoms with Gasteiger partial charge >= 0.3 is 5.97 Å². The molecule has 0 saturated carbocycles. The number of likely N-dealkylation sites (N-methyl/N-ethyl adjacent to an activating group) is 1. The zero-order chi connectivity index (χ0) is 26.9. The molecule has 3 rings (SSSR count). The number of alkyl halides is 2. The number of carbonyl (C=O) groups is 2. The van der Waals surface area contributed by atoms with Crippen LogP contribution in [0.3, 0.4) is 0 Å². The molecule has 0 radical (unpaired) electrons. The highest BCUT2D eigenvalue weighted by Crippen LogP contribution is 2.26. The predicted molar refractivity (Wildman–Crippen MR) is 139 cm³/mol. The third kappa shape index (κ3) is 8.03. The van der Waals surface area contributed by atoms with Gasteiger partial charge in [0.15, 0.2) is 0 Å². The van der Waals surface area contributed by atoms with Gasteiger partial charge in [-0.05, 0) is 73.2 Å². The van der Waals surface area contributed by atoms with Crippen molar-refractivity contribution < 1.29 is 28.2 Å². The van der Waals surface area contributed by atoms with Gasteiger partial charge in [-0.2, -0.15) is 0 Å². The summed E-state index contributed by atoms with van der Waals surface area (Å²) < 4.78 is 32.3. The smallest absolute Gasteiger partial charge is 0.303 e. The van der Waals surface area contributed by atoms with Gasteiger partial charge < -0.3 is 20.1 Å². The van der Waals surface area contributed by atoms with Gasteiger partial charge in [0.05, 0.1) is 0 Å². The third-order valence-corrected chi connectivity index (χ3v) is 6.10. The predicted octanol–water partition coefficient (Wildman–Crippen LogP) is 5.78. The van der Waals surface area contributed by atoms with E-state index in [4.69, 9.17) is 9.84 Å². The fraction of sp³-hybridized carbons (Fsp3) is 0.310. The van der Waals surface area contributed by atoms with E-state index in [-0.39, 0.29) is 30.9 Å². The molecule has 37 heavy (non-hydrogen) atoms. The van der Waals surface area contributed by atoms with Crippen LogP contribution in [-0.4, -0.2) is 41.9 Å². The molecule has 0 bridgehead atoms. The number of hydrogen-bond acceptors (Lipinski definition) is 4. The number of carbonyl (C=O) groups excluding carboxylic acids is 1. The van der Waals surface area contributed by atoms with Crippen LogP contribution in [0.5, 0.6) is 11.5 Å². The van der Waals surface area contributed by atoms with E-state index in [0.717, 1.165) is 16.7 Å². The number of rotatable bonds is 9. The average Bonchev–Trinajstić information content (AvgIpc) is 2.91. The first kappa shape index (κ1) is 27.6. The molecule has 0 saturated heterocycles. The summed E-state index contributed by atoms with van der Waals surface area (Å²) in [6.45, 7) is 4.30. The van der Waals surface area contributed by atoms with Crippen molar-refractivity contribution in [3.63, 3.8) is 0 Å². The molecule has 0 atom stereocenters. The molecule has 2 aromatic rings. The maximum absolute atomic E-state index is 13.2. The summed E-state index contributed by atoms with van der Waals surface area (Å²) in [4.78, 5) is 25.6. The summed E-state index contributed by atoms with van der Waals surface area (Å²) in [6, 6.07) is 12.9. The van der Waals surface area contributed by atoms with Crippen molar-refractivity contribution in [2.24, 2.45) is 0 Å². The number of nitrogens with zero attached hydrogens (tertiary/aromatic N) is 1. The topological polar surface area (TPSA) is 78.9 Å². The summed E-state index contributed by atoms with van der Waals surface area (Å²) in [6.07, 6.45) is 2.74. The van der Waals surface area contributed by atoms with Crippen molar-refractivity contribution in [2.45, 2.75) is 46.1 Å². The van der Waals surface area contributed by atoms with E-state index in [1.807, 2.05) is 49.4 Å². The molecule has 0 spiro atoms. The Morgan fingerprint density at radius 2 is 1.89 bits per heavy atom. The second kappa shape index (κ2) is 12.9. The van der Waals surface area contributed by atoms with Crippen LogP contribution in [-0.2, 0) is 22.6 Å². The number of allylic oxidation sites excluding steroid dienone is 4.